The van der Waals surface area contributed by atoms with Crippen molar-refractivity contribution in [2.24, 2.45) is 0 Å². The molecule has 0 unspecified atom stereocenters. The van der Waals surface area contributed by atoms with Gasteiger partial charge in [0.1, 0.15) is 0 Å². The van der Waals surface area contributed by atoms with E-state index in [1.54, 1.807) is 0 Å². The standard InChI is InChI=1S/C29H34BP/c30-29(23-15-4-2-1-3-5-16-24-29)25-31(26-17-9-6-10-18-26,27-19-11-7-12-20-27)28-21-13-8-14-22-28/h6-14,17-22,25H,1-5,15-16,23-24H2. The van der Waals surface area contributed by atoms with E-state index >= 15 is 0 Å². The summed E-state index contributed by atoms with van der Waals surface area (Å²) in [5.74, 6) is 2.63. The quantitative estimate of drug-likeness (QED) is 0.326. The van der Waals surface area contributed by atoms with Gasteiger partial charge in [0.05, 0.1) is 7.85 Å². The Balaban J connectivity index is 1.96. The second-order valence-electron chi connectivity index (χ2n) is 9.07. The first-order valence-electron chi connectivity index (χ1n) is 11.9. The molecule has 0 aromatic heterocycles. The summed E-state index contributed by atoms with van der Waals surface area (Å²) in [4.78, 5) is 0. The Labute approximate surface area is 190 Å². The molecule has 0 amide bonds. The first-order valence-corrected chi connectivity index (χ1v) is 13.8. The van der Waals surface area contributed by atoms with Crippen LogP contribution in [0.15, 0.2) is 91.0 Å². The molecule has 3 aromatic carbocycles. The minimum absolute atomic E-state index is 0.243. The van der Waals surface area contributed by atoms with Gasteiger partial charge in [-0.25, -0.2) is 0 Å². The van der Waals surface area contributed by atoms with E-state index in [-0.39, 0.29) is 5.31 Å². The average Bonchev–Trinajstić information content (AvgIpc) is 2.83. The molecule has 0 nitrogen and oxygen atoms in total. The van der Waals surface area contributed by atoms with Gasteiger partial charge in [-0.2, -0.15) is 0 Å². The molecular weight excluding hydrogens is 390 g/mol. The molecule has 158 valence electrons. The molecule has 2 heteroatoms. The maximum Gasteiger partial charge on any atom is 0.0803 e. The van der Waals surface area contributed by atoms with Gasteiger partial charge in [0.25, 0.3) is 0 Å². The monoisotopic (exact) mass is 424 g/mol. The second-order valence-corrected chi connectivity index (χ2v) is 12.3. The highest BCUT2D eigenvalue weighted by Gasteiger charge is 2.31. The maximum absolute atomic E-state index is 7.32. The number of hydrogen-bond donors (Lipinski definition) is 0. The molecule has 0 N–H and O–H groups in total. The summed E-state index contributed by atoms with van der Waals surface area (Å²) in [5.41, 5.74) is 0. The van der Waals surface area contributed by atoms with Crippen molar-refractivity contribution in [2.45, 2.75) is 63.1 Å². The van der Waals surface area contributed by atoms with Crippen LogP contribution in [-0.4, -0.2) is 13.6 Å². The normalized spacial score (nSPS) is 17.5. The van der Waals surface area contributed by atoms with Crippen LogP contribution in [0.4, 0.5) is 0 Å². The van der Waals surface area contributed by atoms with Crippen molar-refractivity contribution in [1.29, 1.82) is 0 Å². The van der Waals surface area contributed by atoms with Crippen molar-refractivity contribution in [1.82, 2.24) is 0 Å². The van der Waals surface area contributed by atoms with Gasteiger partial charge in [-0.15, -0.1) is 0 Å². The lowest BCUT2D eigenvalue weighted by Crippen LogP contribution is -2.30. The number of rotatable bonds is 4. The smallest absolute Gasteiger partial charge is 0.0768 e. The van der Waals surface area contributed by atoms with Crippen molar-refractivity contribution in [3.8, 4) is 0 Å². The fourth-order valence-electron chi connectivity index (χ4n) is 5.09. The minimum Gasteiger partial charge on any atom is -0.0768 e. The van der Waals surface area contributed by atoms with Gasteiger partial charge in [0.2, 0.25) is 0 Å². The van der Waals surface area contributed by atoms with E-state index in [0.717, 1.165) is 12.8 Å². The largest absolute Gasteiger partial charge is 0.0803 e. The average molecular weight is 424 g/mol. The van der Waals surface area contributed by atoms with E-state index in [0.29, 0.717) is 0 Å². The van der Waals surface area contributed by atoms with Crippen LogP contribution in [0, 0.1) is 0 Å². The Morgan fingerprint density at radius 3 is 1.19 bits per heavy atom. The lowest BCUT2D eigenvalue weighted by Gasteiger charge is -2.36. The summed E-state index contributed by atoms with van der Waals surface area (Å²) in [5, 5.41) is 3.95. The van der Waals surface area contributed by atoms with Crippen LogP contribution in [0.25, 0.3) is 0 Å². The molecule has 0 bridgehead atoms. The summed E-state index contributed by atoms with van der Waals surface area (Å²) in [7, 11) is 7.32. The van der Waals surface area contributed by atoms with Gasteiger partial charge >= 0.3 is 0 Å². The fraction of sp³-hybridized carbons (Fsp3) is 0.345. The topological polar surface area (TPSA) is 0 Å². The van der Waals surface area contributed by atoms with Crippen LogP contribution in [0.5, 0.6) is 0 Å². The van der Waals surface area contributed by atoms with Crippen LogP contribution >= 0.6 is 6.89 Å². The molecule has 2 radical (unpaired) electrons. The van der Waals surface area contributed by atoms with E-state index in [1.807, 2.05) is 0 Å². The van der Waals surface area contributed by atoms with Gasteiger partial charge in [0, 0.05) is 0 Å². The maximum atomic E-state index is 7.32. The molecule has 0 aliphatic heterocycles. The van der Waals surface area contributed by atoms with Gasteiger partial charge in [-0.05, 0) is 28.1 Å². The molecule has 4 rings (SSSR count). The summed E-state index contributed by atoms with van der Waals surface area (Å²) < 4.78 is 0. The molecule has 3 aromatic rings. The number of benzene rings is 3. The van der Waals surface area contributed by atoms with Crippen molar-refractivity contribution in [3.05, 3.63) is 91.0 Å². The fourth-order valence-corrected chi connectivity index (χ4v) is 9.39. The highest BCUT2D eigenvalue weighted by molar-refractivity contribution is 7.94. The molecule has 0 spiro atoms. The Morgan fingerprint density at radius 2 is 0.839 bits per heavy atom. The van der Waals surface area contributed by atoms with Gasteiger partial charge < -0.3 is 0 Å². The Kier molecular flexibility index (Phi) is 7.57. The molecule has 0 saturated heterocycles. The van der Waals surface area contributed by atoms with Crippen molar-refractivity contribution in [3.63, 3.8) is 0 Å². The molecular formula is C29H34BP. The van der Waals surface area contributed by atoms with E-state index in [4.69, 9.17) is 7.85 Å². The van der Waals surface area contributed by atoms with Crippen LogP contribution in [0.2, 0.25) is 5.31 Å². The van der Waals surface area contributed by atoms with Gasteiger partial charge in [0.15, 0.2) is 0 Å². The zero-order chi connectivity index (χ0) is 21.4. The van der Waals surface area contributed by atoms with Crippen molar-refractivity contribution in [2.75, 3.05) is 0 Å². The third-order valence-corrected chi connectivity index (χ3v) is 11.0. The van der Waals surface area contributed by atoms with Crippen LogP contribution < -0.4 is 15.9 Å². The van der Waals surface area contributed by atoms with E-state index in [2.05, 4.69) is 96.8 Å². The highest BCUT2D eigenvalue weighted by Crippen LogP contribution is 2.50. The van der Waals surface area contributed by atoms with E-state index in [9.17, 15) is 0 Å². The molecule has 31 heavy (non-hydrogen) atoms. The molecule has 1 fully saturated rings. The summed E-state index contributed by atoms with van der Waals surface area (Å²) in [6.45, 7) is -2.00. The summed E-state index contributed by atoms with van der Waals surface area (Å²) in [6.07, 6.45) is 11.3. The third kappa shape index (κ3) is 5.27. The first-order chi connectivity index (χ1) is 15.2. The van der Waals surface area contributed by atoms with Crippen molar-refractivity contribution < 1.29 is 0 Å². The zero-order valence-corrected chi connectivity index (χ0v) is 19.5. The lowest BCUT2D eigenvalue weighted by molar-refractivity contribution is 0.477. The SMILES string of the molecule is [B]C1(C=P(c2ccccc2)(c2ccccc2)c2ccccc2)CCCCCCCCC1. The minimum atomic E-state index is -2.00. The van der Waals surface area contributed by atoms with Crippen molar-refractivity contribution >= 4 is 36.4 Å². The molecule has 1 aliphatic carbocycles. The molecule has 1 aliphatic rings. The Bertz CT molecular complexity index is 866. The predicted molar refractivity (Wildman–Crippen MR) is 141 cm³/mol. The summed E-state index contributed by atoms with van der Waals surface area (Å²) >= 11 is 0. The van der Waals surface area contributed by atoms with E-state index < -0.39 is 6.89 Å². The van der Waals surface area contributed by atoms with Crippen LogP contribution in [0.1, 0.15) is 57.8 Å². The molecule has 0 atom stereocenters. The second kappa shape index (κ2) is 10.6. The van der Waals surface area contributed by atoms with E-state index in [1.165, 1.54) is 60.9 Å². The van der Waals surface area contributed by atoms with Gasteiger partial charge in [-0.1, -0.05) is 155 Å². The van der Waals surface area contributed by atoms with Crippen LogP contribution in [-0.2, 0) is 0 Å². The third-order valence-electron chi connectivity index (χ3n) is 6.73. The molecule has 1 saturated carbocycles. The summed E-state index contributed by atoms with van der Waals surface area (Å²) in [6, 6.07) is 33.3. The first kappa shape index (κ1) is 22.2. The molecule has 0 heterocycles. The Morgan fingerprint density at radius 1 is 0.516 bits per heavy atom. The van der Waals surface area contributed by atoms with Gasteiger partial charge in [-0.3, -0.25) is 0 Å². The zero-order valence-electron chi connectivity index (χ0n) is 18.6. The highest BCUT2D eigenvalue weighted by atomic mass is 31.2. The lowest BCUT2D eigenvalue weighted by atomic mass is 9.64. The van der Waals surface area contributed by atoms with Crippen LogP contribution in [0.3, 0.4) is 0 Å². The predicted octanol–water partition coefficient (Wildman–Crippen LogP) is 6.63. The Hall–Kier alpha value is -1.98. The number of hydrogen-bond acceptors (Lipinski definition) is 0.